The van der Waals surface area contributed by atoms with E-state index in [1.54, 1.807) is 0 Å². The minimum atomic E-state index is -0.815. The van der Waals surface area contributed by atoms with E-state index in [2.05, 4.69) is 38.1 Å². The number of hydrogen-bond donors (Lipinski definition) is 1. The van der Waals surface area contributed by atoms with Crippen LogP contribution in [0.25, 0.3) is 0 Å². The van der Waals surface area contributed by atoms with Gasteiger partial charge in [0.2, 0.25) is 0 Å². The molecule has 0 spiro atoms. The number of Topliss-reactive ketones (excluding diaryl/α,β-unsaturated/α-hetero) is 1. The summed E-state index contributed by atoms with van der Waals surface area (Å²) in [5, 5.41) is 9.12. The summed E-state index contributed by atoms with van der Waals surface area (Å²) in [6.07, 6.45) is 1.89. The molecule has 2 aromatic carbocycles. The molecule has 2 aromatic rings. The molecule has 0 amide bonds. The Labute approximate surface area is 180 Å². The van der Waals surface area contributed by atoms with Crippen molar-refractivity contribution in [2.45, 2.75) is 66.2 Å². The largest absolute Gasteiger partial charge is 0.486 e. The number of aliphatic carboxylic acids is 1. The molecule has 0 saturated heterocycles. The zero-order chi connectivity index (χ0) is 22.5. The van der Waals surface area contributed by atoms with Crippen LogP contribution in [0, 0.1) is 19.8 Å². The number of ketones is 1. The lowest BCUT2D eigenvalue weighted by atomic mass is 9.70. The average Bonchev–Trinajstić information content (AvgIpc) is 2.70. The highest BCUT2D eigenvalue weighted by molar-refractivity contribution is 5.81. The molecule has 0 aromatic heterocycles. The van der Waals surface area contributed by atoms with Gasteiger partial charge in [0.15, 0.2) is 5.78 Å². The molecule has 0 aliphatic rings. The van der Waals surface area contributed by atoms with Crippen molar-refractivity contribution in [3.8, 4) is 5.75 Å². The van der Waals surface area contributed by atoms with E-state index >= 15 is 0 Å². The van der Waals surface area contributed by atoms with Crippen molar-refractivity contribution in [1.29, 1.82) is 0 Å². The van der Waals surface area contributed by atoms with Gasteiger partial charge in [-0.1, -0.05) is 58.0 Å². The molecule has 30 heavy (non-hydrogen) atoms. The number of carbonyl (C=O) groups excluding carboxylic acids is 1. The van der Waals surface area contributed by atoms with E-state index in [4.69, 9.17) is 9.84 Å². The van der Waals surface area contributed by atoms with Crippen LogP contribution in [0.2, 0.25) is 0 Å². The molecule has 0 heterocycles. The predicted molar refractivity (Wildman–Crippen MR) is 120 cm³/mol. The molecule has 0 fully saturated rings. The Kier molecular flexibility index (Phi) is 7.83. The zero-order valence-corrected chi connectivity index (χ0v) is 19.0. The summed E-state index contributed by atoms with van der Waals surface area (Å²) >= 11 is 0. The fourth-order valence-corrected chi connectivity index (χ4v) is 4.01. The van der Waals surface area contributed by atoms with Crippen molar-refractivity contribution in [2.24, 2.45) is 5.92 Å². The van der Waals surface area contributed by atoms with Crippen molar-refractivity contribution in [3.63, 3.8) is 0 Å². The standard InChI is InChI=1S/C26H34O4/c1-7-26(8-2,21-10-9-20(15-25(28)29)18(5)13-21)22-11-12-24(19(6)14-22)30-16-23(27)17(3)4/h9-14,17H,7-8,15-16H2,1-6H3,(H,28,29). The third-order valence-electron chi connectivity index (χ3n) is 6.19. The smallest absolute Gasteiger partial charge is 0.307 e. The number of benzene rings is 2. The topological polar surface area (TPSA) is 63.6 Å². The second-order valence-corrected chi connectivity index (χ2v) is 8.39. The van der Waals surface area contributed by atoms with Gasteiger partial charge in [0.25, 0.3) is 0 Å². The van der Waals surface area contributed by atoms with E-state index < -0.39 is 5.97 Å². The number of rotatable bonds is 10. The lowest BCUT2D eigenvalue weighted by Crippen LogP contribution is -2.26. The van der Waals surface area contributed by atoms with E-state index in [1.807, 2.05) is 39.8 Å². The summed E-state index contributed by atoms with van der Waals surface area (Å²) in [4.78, 5) is 23.0. The van der Waals surface area contributed by atoms with E-state index in [0.29, 0.717) is 0 Å². The number of carbonyl (C=O) groups is 2. The van der Waals surface area contributed by atoms with Gasteiger partial charge in [-0.05, 0) is 60.6 Å². The highest BCUT2D eigenvalue weighted by atomic mass is 16.5. The molecule has 2 rings (SSSR count). The summed E-state index contributed by atoms with van der Waals surface area (Å²) in [6.45, 7) is 12.2. The van der Waals surface area contributed by atoms with Gasteiger partial charge >= 0.3 is 5.97 Å². The molecule has 1 N–H and O–H groups in total. The lowest BCUT2D eigenvalue weighted by Gasteiger charge is -2.34. The van der Waals surface area contributed by atoms with Gasteiger partial charge < -0.3 is 9.84 Å². The maximum absolute atomic E-state index is 11.9. The predicted octanol–water partition coefficient (Wildman–Crippen LogP) is 5.64. The zero-order valence-electron chi connectivity index (χ0n) is 19.0. The van der Waals surface area contributed by atoms with Crippen molar-refractivity contribution in [3.05, 3.63) is 64.2 Å². The summed E-state index contributed by atoms with van der Waals surface area (Å²) < 4.78 is 5.77. The molecule has 162 valence electrons. The molecule has 0 aliphatic heterocycles. The third kappa shape index (κ3) is 5.10. The molecule has 4 heteroatoms. The highest BCUT2D eigenvalue weighted by Gasteiger charge is 2.31. The van der Waals surface area contributed by atoms with Crippen LogP contribution in [0.3, 0.4) is 0 Å². The Hall–Kier alpha value is -2.62. The Morgan fingerprint density at radius 1 is 0.967 bits per heavy atom. The first-order chi connectivity index (χ1) is 14.1. The number of hydrogen-bond acceptors (Lipinski definition) is 3. The van der Waals surface area contributed by atoms with Crippen LogP contribution in [0.4, 0.5) is 0 Å². The van der Waals surface area contributed by atoms with Gasteiger partial charge in [-0.3, -0.25) is 9.59 Å². The molecule has 0 saturated carbocycles. The van der Waals surface area contributed by atoms with Gasteiger partial charge in [-0.25, -0.2) is 0 Å². The number of carboxylic acid groups (broad SMARTS) is 1. The molecular formula is C26H34O4. The van der Waals surface area contributed by atoms with Crippen LogP contribution >= 0.6 is 0 Å². The van der Waals surface area contributed by atoms with Crippen molar-refractivity contribution in [2.75, 3.05) is 6.61 Å². The summed E-state index contributed by atoms with van der Waals surface area (Å²) in [5.74, 6) is -0.0243. The quantitative estimate of drug-likeness (QED) is 0.550. The van der Waals surface area contributed by atoms with Crippen LogP contribution in [0.5, 0.6) is 5.75 Å². The van der Waals surface area contributed by atoms with E-state index in [9.17, 15) is 9.59 Å². The van der Waals surface area contributed by atoms with E-state index in [-0.39, 0.29) is 30.1 Å². The lowest BCUT2D eigenvalue weighted by molar-refractivity contribution is -0.136. The second-order valence-electron chi connectivity index (χ2n) is 8.39. The maximum Gasteiger partial charge on any atom is 0.307 e. The SMILES string of the molecule is CCC(CC)(c1ccc(CC(=O)O)c(C)c1)c1ccc(OCC(=O)C(C)C)c(C)c1. The molecule has 0 atom stereocenters. The van der Waals surface area contributed by atoms with Crippen LogP contribution in [0.1, 0.15) is 68.4 Å². The number of aryl methyl sites for hydroxylation is 2. The molecule has 0 bridgehead atoms. The van der Waals surface area contributed by atoms with Gasteiger partial charge in [0, 0.05) is 11.3 Å². The van der Waals surface area contributed by atoms with Gasteiger partial charge in [-0.2, -0.15) is 0 Å². The molecule has 0 aliphatic carbocycles. The van der Waals surface area contributed by atoms with Gasteiger partial charge in [0.1, 0.15) is 12.4 Å². The monoisotopic (exact) mass is 410 g/mol. The number of ether oxygens (including phenoxy) is 1. The third-order valence-corrected chi connectivity index (χ3v) is 6.19. The second kappa shape index (κ2) is 9.92. The Morgan fingerprint density at radius 2 is 1.53 bits per heavy atom. The van der Waals surface area contributed by atoms with Crippen LogP contribution < -0.4 is 4.74 Å². The first kappa shape index (κ1) is 23.7. The molecule has 0 unspecified atom stereocenters. The average molecular weight is 411 g/mol. The molecule has 4 nitrogen and oxygen atoms in total. The fraction of sp³-hybridized carbons (Fsp3) is 0.462. The van der Waals surface area contributed by atoms with Gasteiger partial charge in [-0.15, -0.1) is 0 Å². The van der Waals surface area contributed by atoms with Crippen molar-refractivity contribution >= 4 is 11.8 Å². The van der Waals surface area contributed by atoms with Crippen LogP contribution in [-0.2, 0) is 21.4 Å². The Balaban J connectivity index is 2.39. The highest BCUT2D eigenvalue weighted by Crippen LogP contribution is 2.41. The van der Waals surface area contributed by atoms with Crippen LogP contribution in [-0.4, -0.2) is 23.5 Å². The van der Waals surface area contributed by atoms with Crippen molar-refractivity contribution < 1.29 is 19.4 Å². The van der Waals surface area contributed by atoms with Crippen molar-refractivity contribution in [1.82, 2.24) is 0 Å². The van der Waals surface area contributed by atoms with E-state index in [0.717, 1.165) is 35.3 Å². The summed E-state index contributed by atoms with van der Waals surface area (Å²) in [5.41, 5.74) is 5.10. The molecule has 0 radical (unpaired) electrons. The van der Waals surface area contributed by atoms with Crippen LogP contribution in [0.15, 0.2) is 36.4 Å². The Bertz CT molecular complexity index is 907. The molecular weight excluding hydrogens is 376 g/mol. The minimum absolute atomic E-state index is 0.0373. The Morgan fingerprint density at radius 3 is 2.00 bits per heavy atom. The fourth-order valence-electron chi connectivity index (χ4n) is 4.01. The van der Waals surface area contributed by atoms with Gasteiger partial charge in [0.05, 0.1) is 6.42 Å². The normalized spacial score (nSPS) is 11.6. The summed E-state index contributed by atoms with van der Waals surface area (Å²) in [7, 11) is 0. The van der Waals surface area contributed by atoms with E-state index in [1.165, 1.54) is 11.1 Å². The first-order valence-electron chi connectivity index (χ1n) is 10.7. The minimum Gasteiger partial charge on any atom is -0.486 e. The number of carboxylic acids is 1. The first-order valence-corrected chi connectivity index (χ1v) is 10.7. The maximum atomic E-state index is 11.9. The summed E-state index contributed by atoms with van der Waals surface area (Å²) in [6, 6.07) is 12.4.